The Balaban J connectivity index is 2.14. The predicted molar refractivity (Wildman–Crippen MR) is 87.7 cm³/mol. The molecular weight excluding hydrogens is 270 g/mol. The van der Waals surface area contributed by atoms with Crippen molar-refractivity contribution in [2.45, 2.75) is 32.7 Å². The normalized spacial score (nSPS) is 19.1. The van der Waals surface area contributed by atoms with E-state index in [1.807, 2.05) is 6.07 Å². The first-order valence-corrected chi connectivity index (χ1v) is 8.04. The van der Waals surface area contributed by atoms with E-state index in [0.717, 1.165) is 37.6 Å². The zero-order chi connectivity index (χ0) is 14.5. The molecule has 3 nitrogen and oxygen atoms in total. The minimum absolute atomic E-state index is 0.662. The second-order valence-corrected chi connectivity index (χ2v) is 5.86. The molecule has 20 heavy (non-hydrogen) atoms. The van der Waals surface area contributed by atoms with Gasteiger partial charge in [-0.2, -0.15) is 0 Å². The van der Waals surface area contributed by atoms with E-state index < -0.39 is 0 Å². The van der Waals surface area contributed by atoms with Crippen molar-refractivity contribution in [3.63, 3.8) is 0 Å². The number of nitrogens with two attached hydrogens (primary N) is 1. The lowest BCUT2D eigenvalue weighted by Crippen LogP contribution is -2.37. The number of hydrogen-bond donors (Lipinski definition) is 1. The highest BCUT2D eigenvalue weighted by atomic mass is 35.5. The first-order chi connectivity index (χ1) is 9.69. The van der Waals surface area contributed by atoms with Gasteiger partial charge in [0.2, 0.25) is 0 Å². The summed E-state index contributed by atoms with van der Waals surface area (Å²) < 4.78 is 0. The Bertz CT molecular complexity index is 432. The van der Waals surface area contributed by atoms with Crippen LogP contribution in [0.5, 0.6) is 0 Å². The van der Waals surface area contributed by atoms with Gasteiger partial charge in [-0.05, 0) is 50.2 Å². The molecule has 1 aliphatic heterocycles. The van der Waals surface area contributed by atoms with E-state index in [1.54, 1.807) is 0 Å². The summed E-state index contributed by atoms with van der Waals surface area (Å²) >= 11 is 6.18. The number of benzene rings is 1. The fourth-order valence-electron chi connectivity index (χ4n) is 3.20. The largest absolute Gasteiger partial charge is 0.370 e. The minimum Gasteiger partial charge on any atom is -0.370 e. The lowest BCUT2D eigenvalue weighted by molar-refractivity contribution is 0.232. The lowest BCUT2D eigenvalue weighted by Gasteiger charge is -2.27. The molecule has 4 heteroatoms. The summed E-state index contributed by atoms with van der Waals surface area (Å²) in [6.07, 6.45) is 2.15. The lowest BCUT2D eigenvalue weighted by atomic mass is 10.1. The number of rotatable bonds is 6. The SMILES string of the molecule is CCN(CC)C1CCN(c2cc(Cl)ccc2CCN)C1. The van der Waals surface area contributed by atoms with Gasteiger partial charge in [0, 0.05) is 29.8 Å². The second-order valence-electron chi connectivity index (χ2n) is 5.42. The molecule has 2 N–H and O–H groups in total. The van der Waals surface area contributed by atoms with Gasteiger partial charge in [0.15, 0.2) is 0 Å². The fourth-order valence-corrected chi connectivity index (χ4v) is 3.36. The smallest absolute Gasteiger partial charge is 0.0426 e. The average molecular weight is 296 g/mol. The molecule has 0 saturated carbocycles. The molecule has 0 amide bonds. The molecule has 1 aromatic rings. The first kappa shape index (κ1) is 15.6. The van der Waals surface area contributed by atoms with Gasteiger partial charge in [0.25, 0.3) is 0 Å². The van der Waals surface area contributed by atoms with Crippen LogP contribution >= 0.6 is 11.6 Å². The zero-order valence-electron chi connectivity index (χ0n) is 12.6. The summed E-state index contributed by atoms with van der Waals surface area (Å²) in [5.74, 6) is 0. The number of anilines is 1. The topological polar surface area (TPSA) is 32.5 Å². The van der Waals surface area contributed by atoms with E-state index in [0.29, 0.717) is 12.6 Å². The molecule has 1 aromatic carbocycles. The Morgan fingerprint density at radius 2 is 2.10 bits per heavy atom. The summed E-state index contributed by atoms with van der Waals surface area (Å²) in [4.78, 5) is 5.02. The molecule has 1 aliphatic rings. The standard InChI is InChI=1S/C16H26ClN3/c1-3-19(4-2)15-8-10-20(12-15)16-11-14(17)6-5-13(16)7-9-18/h5-6,11,15H,3-4,7-10,12,18H2,1-2H3. The van der Waals surface area contributed by atoms with Crippen LogP contribution in [0.15, 0.2) is 18.2 Å². The van der Waals surface area contributed by atoms with Gasteiger partial charge in [-0.1, -0.05) is 31.5 Å². The summed E-state index contributed by atoms with van der Waals surface area (Å²) in [6.45, 7) is 9.62. The van der Waals surface area contributed by atoms with Gasteiger partial charge in [-0.3, -0.25) is 4.90 Å². The third-order valence-corrected chi connectivity index (χ3v) is 4.53. The van der Waals surface area contributed by atoms with Crippen LogP contribution in [0.25, 0.3) is 0 Å². The van der Waals surface area contributed by atoms with Gasteiger partial charge in [0.05, 0.1) is 0 Å². The fraction of sp³-hybridized carbons (Fsp3) is 0.625. The monoisotopic (exact) mass is 295 g/mol. The quantitative estimate of drug-likeness (QED) is 0.876. The number of nitrogens with zero attached hydrogens (tertiary/aromatic N) is 2. The Morgan fingerprint density at radius 1 is 1.35 bits per heavy atom. The van der Waals surface area contributed by atoms with E-state index >= 15 is 0 Å². The molecule has 0 bridgehead atoms. The molecule has 1 unspecified atom stereocenters. The van der Waals surface area contributed by atoms with Crippen molar-refractivity contribution in [2.75, 3.05) is 37.6 Å². The Kier molecular flexibility index (Phi) is 5.70. The van der Waals surface area contributed by atoms with Crippen molar-refractivity contribution in [3.8, 4) is 0 Å². The van der Waals surface area contributed by atoms with Gasteiger partial charge < -0.3 is 10.6 Å². The van der Waals surface area contributed by atoms with Gasteiger partial charge in [-0.15, -0.1) is 0 Å². The highest BCUT2D eigenvalue weighted by Crippen LogP contribution is 2.29. The van der Waals surface area contributed by atoms with Crippen molar-refractivity contribution < 1.29 is 0 Å². The molecule has 112 valence electrons. The van der Waals surface area contributed by atoms with E-state index in [4.69, 9.17) is 17.3 Å². The minimum atomic E-state index is 0.662. The summed E-state index contributed by atoms with van der Waals surface area (Å²) in [5.41, 5.74) is 8.32. The highest BCUT2D eigenvalue weighted by molar-refractivity contribution is 6.30. The maximum atomic E-state index is 6.18. The van der Waals surface area contributed by atoms with E-state index in [-0.39, 0.29) is 0 Å². The Labute approximate surface area is 127 Å². The van der Waals surface area contributed by atoms with Crippen LogP contribution in [-0.4, -0.2) is 43.7 Å². The molecule has 0 aromatic heterocycles. The van der Waals surface area contributed by atoms with Crippen LogP contribution in [0.4, 0.5) is 5.69 Å². The van der Waals surface area contributed by atoms with Crippen LogP contribution in [0.3, 0.4) is 0 Å². The molecule has 1 atom stereocenters. The molecular formula is C16H26ClN3. The average Bonchev–Trinajstić information content (AvgIpc) is 2.92. The van der Waals surface area contributed by atoms with E-state index in [2.05, 4.69) is 35.8 Å². The number of hydrogen-bond acceptors (Lipinski definition) is 3. The zero-order valence-corrected chi connectivity index (χ0v) is 13.4. The number of likely N-dealkylation sites (N-methyl/N-ethyl adjacent to an activating group) is 1. The van der Waals surface area contributed by atoms with Crippen molar-refractivity contribution in [3.05, 3.63) is 28.8 Å². The van der Waals surface area contributed by atoms with Gasteiger partial charge in [0.1, 0.15) is 0 Å². The maximum absolute atomic E-state index is 6.18. The third kappa shape index (κ3) is 3.46. The molecule has 2 rings (SSSR count). The Hall–Kier alpha value is -0.770. The van der Waals surface area contributed by atoms with Crippen molar-refractivity contribution in [1.82, 2.24) is 4.90 Å². The van der Waals surface area contributed by atoms with Crippen LogP contribution in [0.1, 0.15) is 25.8 Å². The van der Waals surface area contributed by atoms with Crippen molar-refractivity contribution >= 4 is 17.3 Å². The summed E-state index contributed by atoms with van der Waals surface area (Å²) in [5, 5.41) is 0.812. The highest BCUT2D eigenvalue weighted by Gasteiger charge is 2.27. The molecule has 0 aliphatic carbocycles. The van der Waals surface area contributed by atoms with Gasteiger partial charge in [-0.25, -0.2) is 0 Å². The van der Waals surface area contributed by atoms with E-state index in [9.17, 15) is 0 Å². The second kappa shape index (κ2) is 7.30. The third-order valence-electron chi connectivity index (χ3n) is 4.29. The molecule has 1 saturated heterocycles. The molecule has 1 fully saturated rings. The van der Waals surface area contributed by atoms with E-state index in [1.165, 1.54) is 17.7 Å². The predicted octanol–water partition coefficient (Wildman–Crippen LogP) is 2.76. The van der Waals surface area contributed by atoms with Crippen LogP contribution in [0, 0.1) is 0 Å². The molecule has 0 radical (unpaired) electrons. The van der Waals surface area contributed by atoms with Gasteiger partial charge >= 0.3 is 0 Å². The summed E-state index contributed by atoms with van der Waals surface area (Å²) in [6, 6.07) is 6.84. The van der Waals surface area contributed by atoms with Crippen LogP contribution in [-0.2, 0) is 6.42 Å². The van der Waals surface area contributed by atoms with Crippen molar-refractivity contribution in [2.24, 2.45) is 5.73 Å². The number of halogens is 1. The maximum Gasteiger partial charge on any atom is 0.0426 e. The van der Waals surface area contributed by atoms with Crippen LogP contribution in [0.2, 0.25) is 5.02 Å². The van der Waals surface area contributed by atoms with Crippen molar-refractivity contribution in [1.29, 1.82) is 0 Å². The van der Waals surface area contributed by atoms with Crippen LogP contribution < -0.4 is 10.6 Å². The molecule has 1 heterocycles. The first-order valence-electron chi connectivity index (χ1n) is 7.67. The molecule has 0 spiro atoms. The summed E-state index contributed by atoms with van der Waals surface area (Å²) in [7, 11) is 0. The Morgan fingerprint density at radius 3 is 2.75 bits per heavy atom.